The van der Waals surface area contributed by atoms with Crippen molar-refractivity contribution in [3.8, 4) is 0 Å². The number of carbonyl (C=O) groups excluding carboxylic acids is 1. The molecule has 1 aromatic heterocycles. The number of aromatic nitrogens is 2. The van der Waals surface area contributed by atoms with Gasteiger partial charge in [0.25, 0.3) is 5.91 Å². The SMILES string of the molecule is Cc1cc(C(=O)N2CCN(S(=O)(=O)c3ccc(C(C)C)cc3)CC2)cnn1. The predicted octanol–water partition coefficient (Wildman–Crippen LogP) is 2.06. The standard InChI is InChI=1S/C19H24N4O3S/c1-14(2)16-4-6-18(7-5-16)27(25,26)23-10-8-22(9-11-23)19(24)17-12-15(3)21-20-13-17/h4-7,12-14H,8-11H2,1-3H3. The molecule has 0 saturated carbocycles. The van der Waals surface area contributed by atoms with Crippen LogP contribution in [0.2, 0.25) is 0 Å². The van der Waals surface area contributed by atoms with E-state index < -0.39 is 10.0 Å². The van der Waals surface area contributed by atoms with Crippen molar-refractivity contribution in [2.75, 3.05) is 26.2 Å². The molecular formula is C19H24N4O3S. The summed E-state index contributed by atoms with van der Waals surface area (Å²) in [6.45, 7) is 7.17. The average Bonchev–Trinajstić information content (AvgIpc) is 2.67. The summed E-state index contributed by atoms with van der Waals surface area (Å²) < 4.78 is 27.2. The Hall–Kier alpha value is -2.32. The molecule has 0 atom stereocenters. The lowest BCUT2D eigenvalue weighted by atomic mass is 10.0. The minimum absolute atomic E-state index is 0.147. The Morgan fingerprint density at radius 2 is 1.70 bits per heavy atom. The van der Waals surface area contributed by atoms with Gasteiger partial charge in [-0.05, 0) is 36.6 Å². The largest absolute Gasteiger partial charge is 0.336 e. The highest BCUT2D eigenvalue weighted by Gasteiger charge is 2.30. The lowest BCUT2D eigenvalue weighted by molar-refractivity contribution is 0.0697. The first kappa shape index (κ1) is 19.4. The van der Waals surface area contributed by atoms with Crippen molar-refractivity contribution in [1.29, 1.82) is 0 Å². The fourth-order valence-electron chi connectivity index (χ4n) is 3.08. The minimum Gasteiger partial charge on any atom is -0.336 e. The van der Waals surface area contributed by atoms with Gasteiger partial charge in [0.2, 0.25) is 10.0 Å². The molecule has 3 rings (SSSR count). The number of hydrogen-bond acceptors (Lipinski definition) is 5. The molecule has 0 unspecified atom stereocenters. The summed E-state index contributed by atoms with van der Waals surface area (Å²) in [5, 5.41) is 7.66. The van der Waals surface area contributed by atoms with E-state index in [0.717, 1.165) is 5.56 Å². The zero-order valence-electron chi connectivity index (χ0n) is 15.8. The normalized spacial score (nSPS) is 15.9. The maximum absolute atomic E-state index is 12.9. The van der Waals surface area contributed by atoms with Crippen LogP contribution >= 0.6 is 0 Å². The molecule has 0 bridgehead atoms. The number of benzene rings is 1. The molecule has 1 amide bonds. The van der Waals surface area contributed by atoms with Gasteiger partial charge in [-0.1, -0.05) is 26.0 Å². The van der Waals surface area contributed by atoms with Gasteiger partial charge in [-0.3, -0.25) is 4.79 Å². The van der Waals surface area contributed by atoms with Crippen LogP contribution in [0.25, 0.3) is 0 Å². The number of amides is 1. The highest BCUT2D eigenvalue weighted by atomic mass is 32.2. The van der Waals surface area contributed by atoms with Crippen molar-refractivity contribution >= 4 is 15.9 Å². The third-order valence-corrected chi connectivity index (χ3v) is 6.65. The van der Waals surface area contributed by atoms with Gasteiger partial charge in [0.15, 0.2) is 0 Å². The first-order valence-corrected chi connectivity index (χ1v) is 10.4. The van der Waals surface area contributed by atoms with Crippen LogP contribution < -0.4 is 0 Å². The second-order valence-corrected chi connectivity index (χ2v) is 8.94. The molecule has 0 spiro atoms. The fraction of sp³-hybridized carbons (Fsp3) is 0.421. The number of piperazine rings is 1. The van der Waals surface area contributed by atoms with E-state index in [1.165, 1.54) is 10.5 Å². The Labute approximate surface area is 160 Å². The first-order chi connectivity index (χ1) is 12.8. The van der Waals surface area contributed by atoms with E-state index in [1.54, 1.807) is 30.0 Å². The molecule has 1 fully saturated rings. The monoisotopic (exact) mass is 388 g/mol. The molecule has 1 aliphatic rings. The number of nitrogens with zero attached hydrogens (tertiary/aromatic N) is 4. The van der Waals surface area contributed by atoms with Gasteiger partial charge in [-0.2, -0.15) is 14.5 Å². The highest BCUT2D eigenvalue weighted by molar-refractivity contribution is 7.89. The highest BCUT2D eigenvalue weighted by Crippen LogP contribution is 2.21. The molecular weight excluding hydrogens is 364 g/mol. The Morgan fingerprint density at radius 3 is 2.26 bits per heavy atom. The molecule has 1 aromatic carbocycles. The molecule has 0 N–H and O–H groups in total. The second kappa shape index (κ2) is 7.74. The van der Waals surface area contributed by atoms with E-state index >= 15 is 0 Å². The van der Waals surface area contributed by atoms with Crippen LogP contribution in [-0.2, 0) is 10.0 Å². The van der Waals surface area contributed by atoms with E-state index in [1.807, 2.05) is 12.1 Å². The van der Waals surface area contributed by atoms with Crippen LogP contribution in [-0.4, -0.2) is 59.9 Å². The molecule has 27 heavy (non-hydrogen) atoms. The summed E-state index contributed by atoms with van der Waals surface area (Å²) in [5.41, 5.74) is 2.25. The van der Waals surface area contributed by atoms with E-state index in [9.17, 15) is 13.2 Å². The summed E-state index contributed by atoms with van der Waals surface area (Å²) in [6, 6.07) is 8.72. The summed E-state index contributed by atoms with van der Waals surface area (Å²) in [4.78, 5) is 14.5. The van der Waals surface area contributed by atoms with E-state index in [4.69, 9.17) is 0 Å². The lowest BCUT2D eigenvalue weighted by Gasteiger charge is -2.34. The minimum atomic E-state index is -3.55. The van der Waals surface area contributed by atoms with Gasteiger partial charge >= 0.3 is 0 Å². The molecule has 2 aromatic rings. The lowest BCUT2D eigenvalue weighted by Crippen LogP contribution is -2.50. The summed E-state index contributed by atoms with van der Waals surface area (Å²) in [7, 11) is -3.55. The van der Waals surface area contributed by atoms with Crippen LogP contribution in [0.3, 0.4) is 0 Å². The topological polar surface area (TPSA) is 83.5 Å². The van der Waals surface area contributed by atoms with Crippen LogP contribution in [0.15, 0.2) is 41.4 Å². The second-order valence-electron chi connectivity index (χ2n) is 7.01. The number of hydrogen-bond donors (Lipinski definition) is 0. The van der Waals surface area contributed by atoms with Gasteiger partial charge in [0.05, 0.1) is 22.3 Å². The molecule has 144 valence electrons. The smallest absolute Gasteiger partial charge is 0.255 e. The van der Waals surface area contributed by atoms with Crippen molar-refractivity contribution in [3.63, 3.8) is 0 Å². The number of sulfonamides is 1. The van der Waals surface area contributed by atoms with E-state index in [0.29, 0.717) is 35.2 Å². The summed E-state index contributed by atoms with van der Waals surface area (Å²) >= 11 is 0. The van der Waals surface area contributed by atoms with Crippen molar-refractivity contribution < 1.29 is 13.2 Å². The van der Waals surface area contributed by atoms with Gasteiger partial charge in [0, 0.05) is 26.2 Å². The zero-order chi connectivity index (χ0) is 19.6. The van der Waals surface area contributed by atoms with E-state index in [-0.39, 0.29) is 19.0 Å². The van der Waals surface area contributed by atoms with E-state index in [2.05, 4.69) is 24.0 Å². The van der Waals surface area contributed by atoms with Crippen molar-refractivity contribution in [2.45, 2.75) is 31.6 Å². The van der Waals surface area contributed by atoms with Crippen molar-refractivity contribution in [3.05, 3.63) is 53.3 Å². The third-order valence-electron chi connectivity index (χ3n) is 4.73. The quantitative estimate of drug-likeness (QED) is 0.800. The van der Waals surface area contributed by atoms with Crippen LogP contribution in [0.1, 0.15) is 41.4 Å². The maximum Gasteiger partial charge on any atom is 0.255 e. The first-order valence-electron chi connectivity index (χ1n) is 8.98. The molecule has 0 radical (unpaired) electrons. The zero-order valence-corrected chi connectivity index (χ0v) is 16.6. The Kier molecular flexibility index (Phi) is 5.57. The van der Waals surface area contributed by atoms with Gasteiger partial charge < -0.3 is 4.90 Å². The predicted molar refractivity (Wildman–Crippen MR) is 102 cm³/mol. The van der Waals surface area contributed by atoms with Gasteiger partial charge in [0.1, 0.15) is 0 Å². The molecule has 1 aliphatic heterocycles. The number of carbonyl (C=O) groups is 1. The molecule has 0 aliphatic carbocycles. The van der Waals surface area contributed by atoms with Crippen molar-refractivity contribution in [2.24, 2.45) is 0 Å². The van der Waals surface area contributed by atoms with Gasteiger partial charge in [-0.15, -0.1) is 0 Å². The maximum atomic E-state index is 12.9. The molecule has 2 heterocycles. The summed E-state index contributed by atoms with van der Waals surface area (Å²) in [5.74, 6) is 0.203. The van der Waals surface area contributed by atoms with Crippen LogP contribution in [0.4, 0.5) is 0 Å². The number of aryl methyl sites for hydroxylation is 1. The summed E-state index contributed by atoms with van der Waals surface area (Å²) in [6.07, 6.45) is 1.44. The Morgan fingerprint density at radius 1 is 1.07 bits per heavy atom. The van der Waals surface area contributed by atoms with Crippen LogP contribution in [0, 0.1) is 6.92 Å². The van der Waals surface area contributed by atoms with Gasteiger partial charge in [-0.25, -0.2) is 8.42 Å². The fourth-order valence-corrected chi connectivity index (χ4v) is 4.50. The average molecular weight is 388 g/mol. The Balaban J connectivity index is 1.68. The molecule has 8 heteroatoms. The number of rotatable bonds is 4. The molecule has 7 nitrogen and oxygen atoms in total. The third kappa shape index (κ3) is 4.17. The molecule has 1 saturated heterocycles. The Bertz CT molecular complexity index is 918. The van der Waals surface area contributed by atoms with Crippen LogP contribution in [0.5, 0.6) is 0 Å². The van der Waals surface area contributed by atoms with Crippen molar-refractivity contribution in [1.82, 2.24) is 19.4 Å².